The van der Waals surface area contributed by atoms with Crippen molar-refractivity contribution in [1.82, 2.24) is 15.5 Å². The second-order valence-electron chi connectivity index (χ2n) is 8.76. The van der Waals surface area contributed by atoms with Gasteiger partial charge in [0, 0.05) is 31.5 Å². The van der Waals surface area contributed by atoms with Crippen molar-refractivity contribution in [2.75, 3.05) is 13.7 Å². The molecule has 0 radical (unpaired) electrons. The van der Waals surface area contributed by atoms with E-state index in [9.17, 15) is 14.7 Å². The fourth-order valence-corrected chi connectivity index (χ4v) is 4.08. The lowest BCUT2D eigenvalue weighted by atomic mass is 10.0. The molecule has 1 amide bonds. The SMILES string of the molecule is CC(=O)C1NC(c2ccc(C[C@@H](CCO)NC(=O)c3ccc(OC(C)C)c(Cl)c3)cc2)=CN1C. The summed E-state index contributed by atoms with van der Waals surface area (Å²) in [5.41, 5.74) is 3.32. The van der Waals surface area contributed by atoms with E-state index in [1.54, 1.807) is 25.1 Å². The van der Waals surface area contributed by atoms with E-state index < -0.39 is 0 Å². The number of carbonyl (C=O) groups excluding carboxylic acids is 2. The number of carbonyl (C=O) groups is 2. The molecule has 0 saturated heterocycles. The monoisotopic (exact) mass is 485 g/mol. The molecule has 0 saturated carbocycles. The normalized spacial score (nSPS) is 16.1. The Morgan fingerprint density at radius 3 is 2.47 bits per heavy atom. The number of amides is 1. The van der Waals surface area contributed by atoms with Gasteiger partial charge in [0.2, 0.25) is 0 Å². The second-order valence-corrected chi connectivity index (χ2v) is 9.17. The van der Waals surface area contributed by atoms with Crippen molar-refractivity contribution in [2.45, 2.75) is 51.9 Å². The van der Waals surface area contributed by atoms with Gasteiger partial charge in [-0.25, -0.2) is 0 Å². The van der Waals surface area contributed by atoms with Crippen molar-refractivity contribution in [2.24, 2.45) is 0 Å². The number of ether oxygens (including phenoxy) is 1. The smallest absolute Gasteiger partial charge is 0.251 e. The topological polar surface area (TPSA) is 90.9 Å². The molecule has 182 valence electrons. The first kappa shape index (κ1) is 25.6. The third-order valence-corrected chi connectivity index (χ3v) is 5.83. The number of rotatable bonds is 10. The van der Waals surface area contributed by atoms with Crippen LogP contribution in [0, 0.1) is 0 Å². The molecule has 1 aliphatic rings. The van der Waals surface area contributed by atoms with Crippen LogP contribution in [-0.2, 0) is 11.2 Å². The Balaban J connectivity index is 1.65. The summed E-state index contributed by atoms with van der Waals surface area (Å²) in [7, 11) is 1.86. The Labute approximate surface area is 205 Å². The number of benzene rings is 2. The van der Waals surface area contributed by atoms with Gasteiger partial charge in [-0.1, -0.05) is 35.9 Å². The van der Waals surface area contributed by atoms with Crippen LogP contribution in [0.1, 0.15) is 48.7 Å². The lowest BCUT2D eigenvalue weighted by Crippen LogP contribution is -2.39. The first-order valence-electron chi connectivity index (χ1n) is 11.4. The van der Waals surface area contributed by atoms with Crippen molar-refractivity contribution in [1.29, 1.82) is 0 Å². The molecule has 2 aromatic rings. The Bertz CT molecular complexity index is 1050. The molecule has 0 fully saturated rings. The maximum absolute atomic E-state index is 12.8. The summed E-state index contributed by atoms with van der Waals surface area (Å²) in [6, 6.07) is 12.7. The van der Waals surface area contributed by atoms with Gasteiger partial charge in [-0.3, -0.25) is 9.59 Å². The standard InChI is InChI=1S/C26H32ClN3O4/c1-16(2)34-24-10-9-20(14-22(24)27)26(33)28-21(11-12-31)13-18-5-7-19(8-6-18)23-15-30(4)25(29-23)17(3)32/h5-10,14-16,21,25,29,31H,11-13H2,1-4H3,(H,28,33)/t21-,25?/m1/s1. The number of Topliss-reactive ketones (excluding diaryl/α,β-unsaturated/α-hetero) is 1. The molecular weight excluding hydrogens is 454 g/mol. The maximum atomic E-state index is 12.8. The van der Waals surface area contributed by atoms with Crippen molar-refractivity contribution >= 4 is 29.0 Å². The van der Waals surface area contributed by atoms with E-state index in [4.69, 9.17) is 16.3 Å². The quantitative estimate of drug-likeness (QED) is 0.476. The van der Waals surface area contributed by atoms with Crippen LogP contribution in [0.2, 0.25) is 5.02 Å². The van der Waals surface area contributed by atoms with E-state index in [-0.39, 0.29) is 36.6 Å². The highest BCUT2D eigenvalue weighted by molar-refractivity contribution is 6.32. The number of hydrogen-bond acceptors (Lipinski definition) is 6. The third-order valence-electron chi connectivity index (χ3n) is 5.53. The number of aliphatic hydroxyl groups is 1. The van der Waals surface area contributed by atoms with Crippen LogP contribution in [0.25, 0.3) is 5.70 Å². The van der Waals surface area contributed by atoms with Gasteiger partial charge in [0.15, 0.2) is 11.9 Å². The summed E-state index contributed by atoms with van der Waals surface area (Å²) in [6.07, 6.45) is 2.54. The van der Waals surface area contributed by atoms with Gasteiger partial charge in [0.1, 0.15) is 5.75 Å². The van der Waals surface area contributed by atoms with E-state index in [1.165, 1.54) is 0 Å². The fourth-order valence-electron chi connectivity index (χ4n) is 3.86. The van der Waals surface area contributed by atoms with Gasteiger partial charge in [0.05, 0.1) is 16.8 Å². The minimum absolute atomic E-state index is 0.0188. The summed E-state index contributed by atoms with van der Waals surface area (Å²) in [6.45, 7) is 5.34. The summed E-state index contributed by atoms with van der Waals surface area (Å²) in [4.78, 5) is 26.4. The molecule has 1 aliphatic heterocycles. The number of halogens is 1. The first-order chi connectivity index (χ1) is 16.2. The highest BCUT2D eigenvalue weighted by Gasteiger charge is 2.25. The Morgan fingerprint density at radius 2 is 1.91 bits per heavy atom. The van der Waals surface area contributed by atoms with Crippen LogP contribution >= 0.6 is 11.6 Å². The predicted octanol–water partition coefficient (Wildman–Crippen LogP) is 3.60. The maximum Gasteiger partial charge on any atom is 0.251 e. The summed E-state index contributed by atoms with van der Waals surface area (Å²) in [5.74, 6) is 0.330. The molecule has 3 N–H and O–H groups in total. The van der Waals surface area contributed by atoms with Crippen LogP contribution in [-0.4, -0.2) is 53.7 Å². The van der Waals surface area contributed by atoms with Gasteiger partial charge in [-0.15, -0.1) is 0 Å². The lowest BCUT2D eigenvalue weighted by molar-refractivity contribution is -0.121. The largest absolute Gasteiger partial charge is 0.489 e. The van der Waals surface area contributed by atoms with Gasteiger partial charge in [-0.05, 0) is 62.9 Å². The zero-order valence-electron chi connectivity index (χ0n) is 20.0. The van der Waals surface area contributed by atoms with Crippen LogP contribution in [0.4, 0.5) is 0 Å². The molecule has 0 bridgehead atoms. The van der Waals surface area contributed by atoms with Gasteiger partial charge >= 0.3 is 0 Å². The average Bonchev–Trinajstić information content (AvgIpc) is 3.17. The molecule has 2 aromatic carbocycles. The molecule has 34 heavy (non-hydrogen) atoms. The lowest BCUT2D eigenvalue weighted by Gasteiger charge is -2.19. The number of ketones is 1. The number of likely N-dealkylation sites (N-methyl/N-ethyl adjacent to an activating group) is 1. The van der Waals surface area contributed by atoms with E-state index in [1.807, 2.05) is 56.3 Å². The molecule has 1 unspecified atom stereocenters. The zero-order valence-corrected chi connectivity index (χ0v) is 20.7. The Morgan fingerprint density at radius 1 is 1.21 bits per heavy atom. The van der Waals surface area contributed by atoms with Crippen molar-refractivity contribution in [3.05, 3.63) is 70.4 Å². The Kier molecular flexibility index (Phi) is 8.58. The van der Waals surface area contributed by atoms with E-state index in [0.29, 0.717) is 29.2 Å². The van der Waals surface area contributed by atoms with Crippen molar-refractivity contribution in [3.63, 3.8) is 0 Å². The van der Waals surface area contributed by atoms with E-state index >= 15 is 0 Å². The van der Waals surface area contributed by atoms with Crippen LogP contribution in [0.15, 0.2) is 48.7 Å². The molecule has 8 heteroatoms. The van der Waals surface area contributed by atoms with Gasteiger partial charge in [-0.2, -0.15) is 0 Å². The molecule has 0 aliphatic carbocycles. The molecule has 0 spiro atoms. The minimum atomic E-state index is -0.349. The van der Waals surface area contributed by atoms with E-state index in [0.717, 1.165) is 16.8 Å². The van der Waals surface area contributed by atoms with Crippen molar-refractivity contribution < 1.29 is 19.4 Å². The van der Waals surface area contributed by atoms with Crippen LogP contribution < -0.4 is 15.4 Å². The zero-order chi connectivity index (χ0) is 24.8. The number of hydrogen-bond donors (Lipinski definition) is 3. The molecule has 7 nitrogen and oxygen atoms in total. The Hall–Kier alpha value is -3.03. The molecule has 1 heterocycles. The summed E-state index contributed by atoms with van der Waals surface area (Å²) < 4.78 is 5.62. The molecule has 2 atom stereocenters. The minimum Gasteiger partial charge on any atom is -0.489 e. The summed E-state index contributed by atoms with van der Waals surface area (Å²) >= 11 is 6.27. The molecular formula is C26H32ClN3O4. The fraction of sp³-hybridized carbons (Fsp3) is 0.385. The number of nitrogens with zero attached hydrogens (tertiary/aromatic N) is 1. The number of nitrogens with one attached hydrogen (secondary N) is 2. The predicted molar refractivity (Wildman–Crippen MR) is 134 cm³/mol. The highest BCUT2D eigenvalue weighted by atomic mass is 35.5. The first-order valence-corrected chi connectivity index (χ1v) is 11.7. The average molecular weight is 486 g/mol. The second kappa shape index (κ2) is 11.4. The van der Waals surface area contributed by atoms with Gasteiger partial charge < -0.3 is 25.4 Å². The van der Waals surface area contributed by atoms with Crippen LogP contribution in [0.5, 0.6) is 5.75 Å². The third kappa shape index (κ3) is 6.52. The number of aliphatic hydroxyl groups excluding tert-OH is 1. The van der Waals surface area contributed by atoms with Gasteiger partial charge in [0.25, 0.3) is 5.91 Å². The highest BCUT2D eigenvalue weighted by Crippen LogP contribution is 2.26. The van der Waals surface area contributed by atoms with Crippen LogP contribution in [0.3, 0.4) is 0 Å². The van der Waals surface area contributed by atoms with Crippen molar-refractivity contribution in [3.8, 4) is 5.75 Å². The molecule has 0 aromatic heterocycles. The van der Waals surface area contributed by atoms with E-state index in [2.05, 4.69) is 10.6 Å². The molecule has 3 rings (SSSR count). The summed E-state index contributed by atoms with van der Waals surface area (Å²) in [5, 5.41) is 16.1.